The monoisotopic (exact) mass is 184 g/mol. The first-order valence-corrected chi connectivity index (χ1v) is 4.91. The second-order valence-corrected chi connectivity index (χ2v) is 3.06. The third-order valence-corrected chi connectivity index (χ3v) is 1.79. The molecule has 1 aromatic heterocycles. The van der Waals surface area contributed by atoms with Crippen molar-refractivity contribution in [3.63, 3.8) is 0 Å². The Morgan fingerprint density at radius 3 is 1.85 bits per heavy atom. The minimum absolute atomic E-state index is 0.833. The molecule has 0 atom stereocenters. The third-order valence-electron chi connectivity index (χ3n) is 1.79. The second-order valence-electron chi connectivity index (χ2n) is 3.06. The minimum Gasteiger partial charge on any atom is -0.233 e. The molecular formula is C9H20N4. The first-order chi connectivity index (χ1) is 6.22. The molecule has 0 unspecified atom stereocenters. The predicted octanol–water partition coefficient (Wildman–Crippen LogP) is 2.11. The fourth-order valence-corrected chi connectivity index (χ4v) is 0.774. The van der Waals surface area contributed by atoms with Crippen molar-refractivity contribution in [2.75, 3.05) is 0 Å². The zero-order valence-corrected chi connectivity index (χ0v) is 9.12. The molecule has 0 bridgehead atoms. The molecule has 0 N–H and O–H groups in total. The molecule has 4 heteroatoms. The quantitative estimate of drug-likeness (QED) is 0.676. The summed E-state index contributed by atoms with van der Waals surface area (Å²) in [6.45, 7) is 6.31. The maximum absolute atomic E-state index is 3.62. The summed E-state index contributed by atoms with van der Waals surface area (Å²) in [7, 11) is 1.80. The minimum atomic E-state index is 0.833. The van der Waals surface area contributed by atoms with Gasteiger partial charge in [0, 0.05) is 7.05 Å². The van der Waals surface area contributed by atoms with Gasteiger partial charge in [-0.2, -0.15) is 0 Å². The van der Waals surface area contributed by atoms with E-state index < -0.39 is 0 Å². The van der Waals surface area contributed by atoms with Crippen LogP contribution in [0.15, 0.2) is 0 Å². The summed E-state index contributed by atoms with van der Waals surface area (Å²) in [5.74, 6) is 0.833. The van der Waals surface area contributed by atoms with Gasteiger partial charge in [0.1, 0.15) is 5.82 Å². The fraction of sp³-hybridized carbons (Fsp3) is 0.889. The van der Waals surface area contributed by atoms with E-state index in [1.807, 2.05) is 6.92 Å². The van der Waals surface area contributed by atoms with E-state index in [-0.39, 0.29) is 0 Å². The highest BCUT2D eigenvalue weighted by Crippen LogP contribution is 1.95. The van der Waals surface area contributed by atoms with E-state index in [4.69, 9.17) is 0 Å². The molecule has 0 saturated carbocycles. The number of rotatable bonds is 3. The van der Waals surface area contributed by atoms with E-state index in [1.54, 1.807) is 11.7 Å². The normalized spacial score (nSPS) is 9.23. The molecular weight excluding hydrogens is 164 g/mol. The van der Waals surface area contributed by atoms with Gasteiger partial charge in [0.2, 0.25) is 0 Å². The molecule has 0 radical (unpaired) electrons. The van der Waals surface area contributed by atoms with Crippen molar-refractivity contribution in [1.82, 2.24) is 20.2 Å². The van der Waals surface area contributed by atoms with Crippen molar-refractivity contribution in [3.05, 3.63) is 5.82 Å². The van der Waals surface area contributed by atoms with Crippen LogP contribution in [0.25, 0.3) is 0 Å². The molecule has 0 aliphatic heterocycles. The van der Waals surface area contributed by atoms with E-state index in [2.05, 4.69) is 29.4 Å². The molecule has 76 valence electrons. The molecule has 1 aromatic rings. The Kier molecular flexibility index (Phi) is 7.15. The van der Waals surface area contributed by atoms with E-state index in [0.717, 1.165) is 5.82 Å². The van der Waals surface area contributed by atoms with Crippen molar-refractivity contribution < 1.29 is 0 Å². The highest BCUT2D eigenvalue weighted by atomic mass is 15.5. The lowest BCUT2D eigenvalue weighted by atomic mass is 10.2. The van der Waals surface area contributed by atoms with Crippen LogP contribution in [0.4, 0.5) is 0 Å². The second kappa shape index (κ2) is 7.71. The average molecular weight is 184 g/mol. The van der Waals surface area contributed by atoms with Gasteiger partial charge in [-0.3, -0.25) is 0 Å². The highest BCUT2D eigenvalue weighted by Gasteiger charge is 1.87. The van der Waals surface area contributed by atoms with E-state index >= 15 is 0 Å². The number of aromatic nitrogens is 4. The molecule has 13 heavy (non-hydrogen) atoms. The molecule has 1 rings (SSSR count). The molecule has 0 saturated heterocycles. The van der Waals surface area contributed by atoms with Gasteiger partial charge in [0.15, 0.2) is 0 Å². The van der Waals surface area contributed by atoms with E-state index in [1.165, 1.54) is 25.7 Å². The van der Waals surface area contributed by atoms with Gasteiger partial charge in [-0.1, -0.05) is 39.5 Å². The van der Waals surface area contributed by atoms with Crippen molar-refractivity contribution in [1.29, 1.82) is 0 Å². The number of aryl methyl sites for hydroxylation is 2. The van der Waals surface area contributed by atoms with Crippen LogP contribution in [0, 0.1) is 6.92 Å². The van der Waals surface area contributed by atoms with E-state index in [0.29, 0.717) is 0 Å². The van der Waals surface area contributed by atoms with Crippen LogP contribution in [-0.4, -0.2) is 20.2 Å². The predicted molar refractivity (Wildman–Crippen MR) is 53.4 cm³/mol. The molecule has 4 nitrogen and oxygen atoms in total. The van der Waals surface area contributed by atoms with E-state index in [9.17, 15) is 0 Å². The summed E-state index contributed by atoms with van der Waals surface area (Å²) in [4.78, 5) is 0. The summed E-state index contributed by atoms with van der Waals surface area (Å²) in [6.07, 6.45) is 5.54. The average Bonchev–Trinajstić information content (AvgIpc) is 2.49. The molecule has 0 spiro atoms. The molecule has 0 aliphatic carbocycles. The van der Waals surface area contributed by atoms with Crippen LogP contribution in [0.2, 0.25) is 0 Å². The summed E-state index contributed by atoms with van der Waals surface area (Å²) in [5, 5.41) is 10.6. The summed E-state index contributed by atoms with van der Waals surface area (Å²) < 4.78 is 1.61. The Morgan fingerprint density at radius 2 is 1.69 bits per heavy atom. The van der Waals surface area contributed by atoms with Crippen molar-refractivity contribution in [2.45, 2.75) is 46.5 Å². The van der Waals surface area contributed by atoms with Crippen LogP contribution < -0.4 is 0 Å². The Labute approximate surface area is 80.3 Å². The number of hydrogen-bond acceptors (Lipinski definition) is 3. The third kappa shape index (κ3) is 6.25. The maximum Gasteiger partial charge on any atom is 0.147 e. The van der Waals surface area contributed by atoms with Gasteiger partial charge in [-0.15, -0.1) is 5.10 Å². The van der Waals surface area contributed by atoms with Crippen molar-refractivity contribution >= 4 is 0 Å². The molecule has 0 aliphatic rings. The fourth-order valence-electron chi connectivity index (χ4n) is 0.774. The largest absolute Gasteiger partial charge is 0.233 e. The Balaban J connectivity index is 0.000000226. The van der Waals surface area contributed by atoms with Crippen LogP contribution in [-0.2, 0) is 7.05 Å². The lowest BCUT2D eigenvalue weighted by Crippen LogP contribution is -1.92. The Bertz CT molecular complexity index is 187. The smallest absolute Gasteiger partial charge is 0.147 e. The van der Waals surface area contributed by atoms with Gasteiger partial charge < -0.3 is 0 Å². The van der Waals surface area contributed by atoms with Crippen molar-refractivity contribution in [2.24, 2.45) is 7.05 Å². The molecule has 0 fully saturated rings. The van der Waals surface area contributed by atoms with Gasteiger partial charge in [-0.05, 0) is 17.4 Å². The number of nitrogens with zero attached hydrogens (tertiary/aromatic N) is 4. The highest BCUT2D eigenvalue weighted by molar-refractivity contribution is 4.69. The van der Waals surface area contributed by atoms with Crippen LogP contribution >= 0.6 is 0 Å². The van der Waals surface area contributed by atoms with Gasteiger partial charge >= 0.3 is 0 Å². The first kappa shape index (κ1) is 12.1. The zero-order valence-electron chi connectivity index (χ0n) is 9.12. The maximum atomic E-state index is 3.62. The summed E-state index contributed by atoms with van der Waals surface area (Å²) >= 11 is 0. The molecule has 0 aromatic carbocycles. The number of hydrogen-bond donors (Lipinski definition) is 0. The first-order valence-electron chi connectivity index (χ1n) is 4.91. The lowest BCUT2D eigenvalue weighted by Gasteiger charge is -1.86. The van der Waals surface area contributed by atoms with Crippen LogP contribution in [0.1, 0.15) is 45.4 Å². The summed E-state index contributed by atoms with van der Waals surface area (Å²) in [6, 6.07) is 0. The van der Waals surface area contributed by atoms with Gasteiger partial charge in [0.05, 0.1) is 0 Å². The van der Waals surface area contributed by atoms with Gasteiger partial charge in [-0.25, -0.2) is 4.68 Å². The molecule has 1 heterocycles. The molecule has 0 amide bonds. The van der Waals surface area contributed by atoms with Crippen LogP contribution in [0.5, 0.6) is 0 Å². The SMILES string of the molecule is CCCCCC.Cc1nnnn1C. The Morgan fingerprint density at radius 1 is 1.15 bits per heavy atom. The summed E-state index contributed by atoms with van der Waals surface area (Å²) in [5.41, 5.74) is 0. The zero-order chi connectivity index (χ0) is 10.1. The number of tetrazole rings is 1. The van der Waals surface area contributed by atoms with Crippen molar-refractivity contribution in [3.8, 4) is 0 Å². The Hall–Kier alpha value is -0.930. The van der Waals surface area contributed by atoms with Crippen LogP contribution in [0.3, 0.4) is 0 Å². The van der Waals surface area contributed by atoms with Gasteiger partial charge in [0.25, 0.3) is 0 Å². The standard InChI is InChI=1S/C6H14.C3H6N4/c1-3-5-6-4-2;1-3-4-5-6-7(3)2/h3-6H2,1-2H3;1-2H3. The topological polar surface area (TPSA) is 43.6 Å². The number of unbranched alkanes of at least 4 members (excludes halogenated alkanes) is 3. The lowest BCUT2D eigenvalue weighted by molar-refractivity contribution is 0.695.